The van der Waals surface area contributed by atoms with Crippen LogP contribution in [0.2, 0.25) is 0 Å². The molecule has 0 saturated carbocycles. The summed E-state index contributed by atoms with van der Waals surface area (Å²) in [5, 5.41) is 10.8. The largest absolute Gasteiger partial charge is 0.507 e. The molecule has 28 heavy (non-hydrogen) atoms. The summed E-state index contributed by atoms with van der Waals surface area (Å²) >= 11 is 0. The topological polar surface area (TPSA) is 85.6 Å². The van der Waals surface area contributed by atoms with Crippen molar-refractivity contribution in [3.05, 3.63) is 88.2 Å². The number of aliphatic hydroxyl groups excluding tert-OH is 1. The molecule has 2 aromatic carbocycles. The molecule has 0 aliphatic heterocycles. The molecule has 0 aliphatic rings. The molecule has 0 atom stereocenters. The van der Waals surface area contributed by atoms with Crippen LogP contribution in [-0.4, -0.2) is 28.0 Å². The number of hydrogen-bond donors (Lipinski definition) is 1. The van der Waals surface area contributed by atoms with Crippen LogP contribution in [-0.2, 0) is 20.9 Å². The zero-order valence-electron chi connectivity index (χ0n) is 15.3. The predicted octanol–water partition coefficient (Wildman–Crippen LogP) is 3.08. The minimum atomic E-state index is -1.08. The van der Waals surface area contributed by atoms with Gasteiger partial charge in [-0.25, -0.2) is 4.79 Å². The summed E-state index contributed by atoms with van der Waals surface area (Å²) < 4.78 is 6.44. The Kier molecular flexibility index (Phi) is 5.69. The zero-order valence-corrected chi connectivity index (χ0v) is 15.3. The van der Waals surface area contributed by atoms with Crippen molar-refractivity contribution in [2.24, 2.45) is 0 Å². The van der Waals surface area contributed by atoms with E-state index in [1.807, 2.05) is 47.0 Å². The number of ether oxygens (including phenoxy) is 1. The van der Waals surface area contributed by atoms with Crippen LogP contribution in [0.3, 0.4) is 0 Å². The van der Waals surface area contributed by atoms with Crippen LogP contribution in [0.25, 0.3) is 16.7 Å². The van der Waals surface area contributed by atoms with Crippen LogP contribution in [0.1, 0.15) is 18.1 Å². The molecule has 1 aromatic heterocycles. The van der Waals surface area contributed by atoms with Crippen molar-refractivity contribution < 1.29 is 19.4 Å². The lowest BCUT2D eigenvalue weighted by atomic mass is 10.1. The number of aliphatic hydroxyl groups is 1. The molecule has 1 heterocycles. The van der Waals surface area contributed by atoms with Crippen molar-refractivity contribution in [3.63, 3.8) is 0 Å². The molecule has 3 rings (SSSR count). The minimum absolute atomic E-state index is 0.0407. The van der Waals surface area contributed by atoms with Crippen LogP contribution in [0, 0.1) is 0 Å². The van der Waals surface area contributed by atoms with Gasteiger partial charge in [-0.15, -0.1) is 0 Å². The van der Waals surface area contributed by atoms with Gasteiger partial charge in [0.25, 0.3) is 5.78 Å². The summed E-state index contributed by atoms with van der Waals surface area (Å²) in [7, 11) is 0. The van der Waals surface area contributed by atoms with Gasteiger partial charge in [-0.1, -0.05) is 42.5 Å². The summed E-state index contributed by atoms with van der Waals surface area (Å²) in [6.45, 7) is 2.08. The van der Waals surface area contributed by atoms with Crippen molar-refractivity contribution in [1.82, 2.24) is 4.57 Å². The Balaban J connectivity index is 2.10. The maximum Gasteiger partial charge on any atom is 0.379 e. The van der Waals surface area contributed by atoms with Gasteiger partial charge in [-0.3, -0.25) is 9.59 Å². The van der Waals surface area contributed by atoms with Gasteiger partial charge in [0.05, 0.1) is 17.7 Å². The van der Waals surface area contributed by atoms with E-state index in [2.05, 4.69) is 4.74 Å². The Morgan fingerprint density at radius 2 is 1.75 bits per heavy atom. The molecule has 1 N–H and O–H groups in total. The Labute approximate surface area is 161 Å². The van der Waals surface area contributed by atoms with E-state index in [9.17, 15) is 19.5 Å². The van der Waals surface area contributed by atoms with Crippen molar-refractivity contribution in [3.8, 4) is 0 Å². The van der Waals surface area contributed by atoms with E-state index in [0.717, 1.165) is 11.6 Å². The number of para-hydroxylation sites is 1. The Bertz CT molecular complexity index is 1110. The highest BCUT2D eigenvalue weighted by molar-refractivity contribution is 6.39. The lowest BCUT2D eigenvalue weighted by Crippen LogP contribution is -2.18. The molecule has 0 unspecified atom stereocenters. The number of benzene rings is 2. The quantitative estimate of drug-likeness (QED) is 0.309. The molecular weight excluding hydrogens is 358 g/mol. The number of pyridine rings is 1. The number of nitrogens with zero attached hydrogens (tertiary/aromatic N) is 1. The van der Waals surface area contributed by atoms with Crippen LogP contribution in [0.4, 0.5) is 0 Å². The average Bonchev–Trinajstić information content (AvgIpc) is 2.71. The standard InChI is InChI=1S/C22H19NO5/c1-2-28-22(27)20(25)12-19(24)17-14-23(13-15-8-4-3-5-9-15)18-11-7-6-10-16(18)21(17)26/h3-12,14,24H,2,13H2,1H3. The number of carbonyl (C=O) groups excluding carboxylic acids is 2. The first-order valence-corrected chi connectivity index (χ1v) is 8.79. The van der Waals surface area contributed by atoms with E-state index in [4.69, 9.17) is 0 Å². The Morgan fingerprint density at radius 1 is 1.07 bits per heavy atom. The molecule has 0 fully saturated rings. The first kappa shape index (κ1) is 19.1. The first-order chi connectivity index (χ1) is 13.5. The van der Waals surface area contributed by atoms with Gasteiger partial charge in [0.1, 0.15) is 5.76 Å². The predicted molar refractivity (Wildman–Crippen MR) is 106 cm³/mol. The van der Waals surface area contributed by atoms with Gasteiger partial charge in [-0.05, 0) is 24.6 Å². The van der Waals surface area contributed by atoms with Gasteiger partial charge < -0.3 is 14.4 Å². The highest BCUT2D eigenvalue weighted by Gasteiger charge is 2.17. The molecular formula is C22H19NO5. The fraction of sp³-hybridized carbons (Fsp3) is 0.136. The molecule has 0 amide bonds. The Morgan fingerprint density at radius 3 is 2.46 bits per heavy atom. The van der Waals surface area contributed by atoms with Gasteiger partial charge in [0, 0.05) is 24.2 Å². The Hall–Kier alpha value is -3.67. The van der Waals surface area contributed by atoms with E-state index >= 15 is 0 Å². The monoisotopic (exact) mass is 377 g/mol. The SMILES string of the molecule is CCOC(=O)C(=O)C=C(O)c1cn(Cc2ccccc2)c2ccccc2c1=O. The minimum Gasteiger partial charge on any atom is -0.507 e. The van der Waals surface area contributed by atoms with E-state index in [1.165, 1.54) is 6.20 Å². The second-order valence-corrected chi connectivity index (χ2v) is 6.12. The van der Waals surface area contributed by atoms with Crippen LogP contribution < -0.4 is 5.43 Å². The molecule has 3 aromatic rings. The maximum atomic E-state index is 12.8. The third-order valence-corrected chi connectivity index (χ3v) is 4.20. The number of aromatic nitrogens is 1. The van der Waals surface area contributed by atoms with Gasteiger partial charge >= 0.3 is 5.97 Å². The number of carbonyl (C=O) groups is 2. The third kappa shape index (κ3) is 4.01. The number of ketones is 1. The van der Waals surface area contributed by atoms with E-state index in [1.54, 1.807) is 19.1 Å². The number of fused-ring (bicyclic) bond motifs is 1. The third-order valence-electron chi connectivity index (χ3n) is 4.20. The summed E-state index contributed by atoms with van der Waals surface area (Å²) in [5.74, 6) is -2.68. The molecule has 0 radical (unpaired) electrons. The summed E-state index contributed by atoms with van der Waals surface area (Å²) in [4.78, 5) is 36.2. The summed E-state index contributed by atoms with van der Waals surface area (Å²) in [6, 6.07) is 16.7. The van der Waals surface area contributed by atoms with E-state index < -0.39 is 22.9 Å². The lowest BCUT2D eigenvalue weighted by Gasteiger charge is -2.13. The molecule has 0 bridgehead atoms. The van der Waals surface area contributed by atoms with Crippen molar-refractivity contribution in [2.45, 2.75) is 13.5 Å². The number of esters is 1. The molecule has 0 saturated heterocycles. The number of hydrogen-bond acceptors (Lipinski definition) is 5. The second-order valence-electron chi connectivity index (χ2n) is 6.12. The van der Waals surface area contributed by atoms with Gasteiger partial charge in [-0.2, -0.15) is 0 Å². The molecule has 0 aliphatic carbocycles. The number of rotatable bonds is 6. The second kappa shape index (κ2) is 8.35. The molecule has 142 valence electrons. The first-order valence-electron chi connectivity index (χ1n) is 8.79. The average molecular weight is 377 g/mol. The van der Waals surface area contributed by atoms with Crippen molar-refractivity contribution >= 4 is 28.4 Å². The van der Waals surface area contributed by atoms with Gasteiger partial charge in [0.2, 0.25) is 0 Å². The van der Waals surface area contributed by atoms with Crippen molar-refractivity contribution in [2.75, 3.05) is 6.61 Å². The summed E-state index contributed by atoms with van der Waals surface area (Å²) in [5.41, 5.74) is 1.22. The van der Waals surface area contributed by atoms with E-state index in [-0.39, 0.29) is 12.2 Å². The lowest BCUT2D eigenvalue weighted by molar-refractivity contribution is -0.151. The molecule has 6 heteroatoms. The van der Waals surface area contributed by atoms with Crippen LogP contribution >= 0.6 is 0 Å². The highest BCUT2D eigenvalue weighted by atomic mass is 16.5. The fourth-order valence-electron chi connectivity index (χ4n) is 2.90. The van der Waals surface area contributed by atoms with E-state index in [0.29, 0.717) is 17.4 Å². The smallest absolute Gasteiger partial charge is 0.379 e. The van der Waals surface area contributed by atoms with Crippen LogP contribution in [0.5, 0.6) is 0 Å². The maximum absolute atomic E-state index is 12.8. The molecule has 0 spiro atoms. The molecule has 6 nitrogen and oxygen atoms in total. The summed E-state index contributed by atoms with van der Waals surface area (Å²) in [6.07, 6.45) is 2.21. The normalized spacial score (nSPS) is 11.4. The van der Waals surface area contributed by atoms with Gasteiger partial charge in [0.15, 0.2) is 5.43 Å². The zero-order chi connectivity index (χ0) is 20.1. The van der Waals surface area contributed by atoms with Crippen LogP contribution in [0.15, 0.2) is 71.7 Å². The fourth-order valence-corrected chi connectivity index (χ4v) is 2.90. The highest BCUT2D eigenvalue weighted by Crippen LogP contribution is 2.17. The van der Waals surface area contributed by atoms with Crippen molar-refractivity contribution in [1.29, 1.82) is 0 Å².